The number of thioether (sulfide) groups is 1. The third kappa shape index (κ3) is 5.60. The Labute approximate surface area is 216 Å². The van der Waals surface area contributed by atoms with E-state index in [0.717, 1.165) is 28.0 Å². The SMILES string of the molecule is CON=C(C(=O)NC1C(=O)N2C=C(C(=O)OCC(C)=Cc3cccc(C)c3)CS[C@H]12)c1csc(N)n1. The standard InChI is InChI=1S/C24H25N5O5S2/c1-13-5-4-6-15(7-13)8-14(2)10-34-23(32)16-9-29-21(31)19(22(29)35-11-16)27-20(30)18(28-33-3)17-12-36-24(25)26-17/h4-9,12,19,22H,10-11H2,1-3H3,(H2,25,26)(H,27,30)/t19?,22-/m1/s1. The van der Waals surface area contributed by atoms with Crippen molar-refractivity contribution in [3.05, 3.63) is 63.8 Å². The number of nitrogens with zero attached hydrogens (tertiary/aromatic N) is 3. The predicted octanol–water partition coefficient (Wildman–Crippen LogP) is 2.31. The van der Waals surface area contributed by atoms with Crippen LogP contribution in [0.4, 0.5) is 5.13 Å². The quantitative estimate of drug-likeness (QED) is 0.231. The number of thiazole rings is 1. The van der Waals surface area contributed by atoms with Crippen LogP contribution in [-0.2, 0) is 24.0 Å². The lowest BCUT2D eigenvalue weighted by Gasteiger charge is -2.47. The molecular formula is C24H25N5O5S2. The van der Waals surface area contributed by atoms with Crippen molar-refractivity contribution in [3.8, 4) is 0 Å². The Morgan fingerprint density at radius 2 is 2.19 bits per heavy atom. The Hall–Kier alpha value is -3.64. The van der Waals surface area contributed by atoms with Crippen molar-refractivity contribution in [3.63, 3.8) is 0 Å². The number of anilines is 1. The van der Waals surface area contributed by atoms with Crippen LogP contribution >= 0.6 is 23.1 Å². The molecular weight excluding hydrogens is 502 g/mol. The van der Waals surface area contributed by atoms with Gasteiger partial charge in [0.2, 0.25) is 0 Å². The van der Waals surface area contributed by atoms with E-state index in [1.807, 2.05) is 44.2 Å². The minimum Gasteiger partial charge on any atom is -0.458 e. The average Bonchev–Trinajstić information content (AvgIpc) is 3.29. The number of nitrogens with two attached hydrogens (primary N) is 1. The number of β-lactam (4-membered cyclic amide) rings is 1. The molecule has 2 aromatic rings. The van der Waals surface area contributed by atoms with E-state index in [2.05, 4.69) is 15.5 Å². The van der Waals surface area contributed by atoms with Crippen molar-refractivity contribution >= 4 is 57.8 Å². The molecule has 3 heterocycles. The summed E-state index contributed by atoms with van der Waals surface area (Å²) in [6, 6.07) is 7.26. The number of nitrogen functional groups attached to an aromatic ring is 1. The van der Waals surface area contributed by atoms with Crippen LogP contribution in [0.25, 0.3) is 6.08 Å². The topological polar surface area (TPSA) is 136 Å². The Bertz CT molecular complexity index is 1290. The first kappa shape index (κ1) is 25.5. The Kier molecular flexibility index (Phi) is 7.75. The summed E-state index contributed by atoms with van der Waals surface area (Å²) in [4.78, 5) is 48.3. The minimum absolute atomic E-state index is 0.0774. The number of rotatable bonds is 8. The summed E-state index contributed by atoms with van der Waals surface area (Å²) in [6.07, 6.45) is 3.47. The molecule has 1 saturated heterocycles. The molecule has 2 amide bonds. The van der Waals surface area contributed by atoms with Gasteiger partial charge in [-0.2, -0.15) is 0 Å². The highest BCUT2D eigenvalue weighted by Gasteiger charge is 2.50. The lowest BCUT2D eigenvalue weighted by Crippen LogP contribution is -2.69. The van der Waals surface area contributed by atoms with Gasteiger partial charge in [0, 0.05) is 17.3 Å². The summed E-state index contributed by atoms with van der Waals surface area (Å²) < 4.78 is 5.45. The van der Waals surface area contributed by atoms with Gasteiger partial charge in [0.25, 0.3) is 11.8 Å². The van der Waals surface area contributed by atoms with Gasteiger partial charge in [-0.3, -0.25) is 9.59 Å². The van der Waals surface area contributed by atoms with Crippen LogP contribution < -0.4 is 11.1 Å². The van der Waals surface area contributed by atoms with Crippen LogP contribution in [0.1, 0.15) is 23.7 Å². The Morgan fingerprint density at radius 1 is 1.39 bits per heavy atom. The lowest BCUT2D eigenvalue weighted by molar-refractivity contribution is -0.144. The second-order valence-corrected chi connectivity index (χ2v) is 10.2. The maximum absolute atomic E-state index is 12.8. The van der Waals surface area contributed by atoms with Gasteiger partial charge in [-0.1, -0.05) is 41.1 Å². The van der Waals surface area contributed by atoms with E-state index in [4.69, 9.17) is 15.3 Å². The minimum atomic E-state index is -0.770. The highest BCUT2D eigenvalue weighted by Crippen LogP contribution is 2.36. The molecule has 1 unspecified atom stereocenters. The first-order valence-corrected chi connectivity index (χ1v) is 12.9. The molecule has 1 fully saturated rings. The van der Waals surface area contributed by atoms with E-state index in [-0.39, 0.29) is 34.4 Å². The number of fused-ring (bicyclic) bond motifs is 1. The van der Waals surface area contributed by atoms with Crippen LogP contribution in [0.5, 0.6) is 0 Å². The number of amides is 2. The molecule has 0 saturated carbocycles. The zero-order valence-corrected chi connectivity index (χ0v) is 21.5. The number of oxime groups is 1. The number of esters is 1. The highest BCUT2D eigenvalue weighted by atomic mass is 32.2. The van der Waals surface area contributed by atoms with Crippen molar-refractivity contribution in [2.24, 2.45) is 5.16 Å². The van der Waals surface area contributed by atoms with Crippen molar-refractivity contribution < 1.29 is 24.0 Å². The molecule has 0 radical (unpaired) electrons. The number of carbonyl (C=O) groups is 3. The van der Waals surface area contributed by atoms with Gasteiger partial charge in [-0.15, -0.1) is 23.1 Å². The number of ether oxygens (including phenoxy) is 1. The molecule has 0 aliphatic carbocycles. The smallest absolute Gasteiger partial charge is 0.336 e. The predicted molar refractivity (Wildman–Crippen MR) is 139 cm³/mol. The van der Waals surface area contributed by atoms with E-state index >= 15 is 0 Å². The number of hydrogen-bond donors (Lipinski definition) is 2. The van der Waals surface area contributed by atoms with Crippen molar-refractivity contribution in [2.45, 2.75) is 25.3 Å². The number of carbonyl (C=O) groups excluding carboxylic acids is 3. The van der Waals surface area contributed by atoms with Gasteiger partial charge in [0.05, 0.1) is 5.57 Å². The largest absolute Gasteiger partial charge is 0.458 e. The zero-order valence-electron chi connectivity index (χ0n) is 19.9. The summed E-state index contributed by atoms with van der Waals surface area (Å²) in [6.45, 7) is 4.06. The maximum Gasteiger partial charge on any atom is 0.336 e. The Balaban J connectivity index is 1.34. The molecule has 2 atom stereocenters. The molecule has 4 rings (SSSR count). The summed E-state index contributed by atoms with van der Waals surface area (Å²) in [5, 5.41) is 7.93. The summed E-state index contributed by atoms with van der Waals surface area (Å²) in [5.41, 5.74) is 9.30. The summed E-state index contributed by atoms with van der Waals surface area (Å²) in [7, 11) is 1.31. The third-order valence-corrected chi connectivity index (χ3v) is 7.37. The first-order chi connectivity index (χ1) is 17.3. The van der Waals surface area contributed by atoms with Gasteiger partial charge in [0.15, 0.2) is 10.8 Å². The second-order valence-electron chi connectivity index (χ2n) is 8.23. The van der Waals surface area contributed by atoms with Crippen molar-refractivity contribution in [1.29, 1.82) is 0 Å². The number of benzene rings is 1. The number of aromatic nitrogens is 1. The van der Waals surface area contributed by atoms with Gasteiger partial charge < -0.3 is 25.5 Å². The van der Waals surface area contributed by atoms with Gasteiger partial charge in [-0.25, -0.2) is 9.78 Å². The van der Waals surface area contributed by atoms with E-state index < -0.39 is 17.9 Å². The summed E-state index contributed by atoms with van der Waals surface area (Å²) in [5.74, 6) is -1.07. The van der Waals surface area contributed by atoms with Crippen LogP contribution in [0.2, 0.25) is 0 Å². The zero-order chi connectivity index (χ0) is 25.8. The van der Waals surface area contributed by atoms with E-state index in [9.17, 15) is 14.4 Å². The molecule has 0 bridgehead atoms. The van der Waals surface area contributed by atoms with Crippen molar-refractivity contribution in [2.75, 3.05) is 25.2 Å². The Morgan fingerprint density at radius 3 is 2.89 bits per heavy atom. The van der Waals surface area contributed by atoms with Crippen LogP contribution in [0.15, 0.2) is 52.1 Å². The molecule has 1 aromatic carbocycles. The third-order valence-electron chi connectivity index (χ3n) is 5.38. The van der Waals surface area contributed by atoms with Crippen molar-refractivity contribution in [1.82, 2.24) is 15.2 Å². The van der Waals surface area contributed by atoms with E-state index in [1.54, 1.807) is 5.38 Å². The average molecular weight is 528 g/mol. The fraction of sp³-hybridized carbons (Fsp3) is 0.292. The fourth-order valence-corrected chi connectivity index (χ4v) is 5.48. The first-order valence-electron chi connectivity index (χ1n) is 11.0. The highest BCUT2D eigenvalue weighted by molar-refractivity contribution is 8.00. The number of hydrogen-bond acceptors (Lipinski definition) is 10. The molecule has 1 aromatic heterocycles. The molecule has 36 heavy (non-hydrogen) atoms. The van der Waals surface area contributed by atoms with Crippen LogP contribution in [0.3, 0.4) is 0 Å². The molecule has 10 nitrogen and oxygen atoms in total. The fourth-order valence-electron chi connectivity index (χ4n) is 3.68. The second kappa shape index (κ2) is 11.0. The monoisotopic (exact) mass is 527 g/mol. The van der Waals surface area contributed by atoms with Crippen LogP contribution in [-0.4, -0.2) is 64.3 Å². The number of aryl methyl sites for hydroxylation is 1. The molecule has 12 heteroatoms. The van der Waals surface area contributed by atoms with Gasteiger partial charge >= 0.3 is 5.97 Å². The molecule has 3 N–H and O–H groups in total. The normalized spacial score (nSPS) is 19.7. The maximum atomic E-state index is 12.8. The molecule has 2 aliphatic heterocycles. The van der Waals surface area contributed by atoms with Gasteiger partial charge in [0.1, 0.15) is 30.8 Å². The molecule has 188 valence electrons. The van der Waals surface area contributed by atoms with E-state index in [1.165, 1.54) is 30.0 Å². The molecule has 0 spiro atoms. The number of nitrogens with one attached hydrogen (secondary N) is 1. The van der Waals surface area contributed by atoms with E-state index in [0.29, 0.717) is 11.3 Å². The van der Waals surface area contributed by atoms with Gasteiger partial charge in [-0.05, 0) is 25.0 Å². The summed E-state index contributed by atoms with van der Waals surface area (Å²) >= 11 is 2.53. The lowest BCUT2D eigenvalue weighted by atomic mass is 10.1. The van der Waals surface area contributed by atoms with Crippen LogP contribution in [0, 0.1) is 6.92 Å². The molecule has 2 aliphatic rings.